The zero-order chi connectivity index (χ0) is 10.7. The van der Waals surface area contributed by atoms with E-state index in [0.29, 0.717) is 6.04 Å². The third-order valence-corrected chi connectivity index (χ3v) is 5.20. The number of hydrogen-bond donors (Lipinski definition) is 1. The molecule has 16 heavy (non-hydrogen) atoms. The van der Waals surface area contributed by atoms with Crippen molar-refractivity contribution in [2.45, 2.75) is 38.1 Å². The Kier molecular flexibility index (Phi) is 1.72. The zero-order valence-corrected chi connectivity index (χ0v) is 9.55. The Bertz CT molecular complexity index is 381. The van der Waals surface area contributed by atoms with Crippen LogP contribution in [0.25, 0.3) is 0 Å². The highest BCUT2D eigenvalue weighted by molar-refractivity contribution is 5.20. The summed E-state index contributed by atoms with van der Waals surface area (Å²) < 4.78 is 2.26. The molecule has 0 atom stereocenters. The molecule has 0 aliphatic heterocycles. The summed E-state index contributed by atoms with van der Waals surface area (Å²) in [5.41, 5.74) is 5.97. The molecule has 4 bridgehead atoms. The summed E-state index contributed by atoms with van der Waals surface area (Å²) in [5.74, 6) is 4.55. The van der Waals surface area contributed by atoms with Crippen molar-refractivity contribution in [3.05, 3.63) is 12.4 Å². The van der Waals surface area contributed by atoms with E-state index in [4.69, 9.17) is 5.73 Å². The summed E-state index contributed by atoms with van der Waals surface area (Å²) in [6.45, 7) is 0. The van der Waals surface area contributed by atoms with E-state index >= 15 is 0 Å². The lowest BCUT2D eigenvalue weighted by molar-refractivity contribution is -0.0283. The lowest BCUT2D eigenvalue weighted by Gasteiger charge is -2.54. The van der Waals surface area contributed by atoms with Gasteiger partial charge in [0.2, 0.25) is 0 Å². The molecule has 5 rings (SSSR count). The van der Waals surface area contributed by atoms with Gasteiger partial charge in [-0.1, -0.05) is 0 Å². The van der Waals surface area contributed by atoms with Crippen molar-refractivity contribution in [2.24, 2.45) is 23.7 Å². The second kappa shape index (κ2) is 3.02. The molecule has 1 heterocycles. The summed E-state index contributed by atoms with van der Waals surface area (Å²) in [6.07, 6.45) is 11.2. The molecule has 86 valence electrons. The van der Waals surface area contributed by atoms with Gasteiger partial charge in [-0.25, -0.2) is 4.98 Å². The van der Waals surface area contributed by atoms with Crippen molar-refractivity contribution in [2.75, 3.05) is 5.73 Å². The Labute approximate surface area is 96.0 Å². The minimum absolute atomic E-state index is 0.662. The quantitative estimate of drug-likeness (QED) is 0.785. The van der Waals surface area contributed by atoms with Gasteiger partial charge >= 0.3 is 0 Å². The van der Waals surface area contributed by atoms with Gasteiger partial charge in [0.1, 0.15) is 0 Å². The number of rotatable bonds is 1. The SMILES string of the molecule is Nc1nccn1C1C2CC3CC(C2)CC1C3. The van der Waals surface area contributed by atoms with Crippen LogP contribution in [-0.2, 0) is 0 Å². The van der Waals surface area contributed by atoms with Crippen molar-refractivity contribution in [1.82, 2.24) is 9.55 Å². The predicted molar refractivity (Wildman–Crippen MR) is 62.7 cm³/mol. The fourth-order valence-corrected chi connectivity index (χ4v) is 4.93. The average molecular weight is 217 g/mol. The molecule has 0 amide bonds. The van der Waals surface area contributed by atoms with E-state index in [9.17, 15) is 0 Å². The third kappa shape index (κ3) is 1.12. The maximum Gasteiger partial charge on any atom is 0.200 e. The molecule has 3 nitrogen and oxygen atoms in total. The molecule has 0 aromatic carbocycles. The summed E-state index contributed by atoms with van der Waals surface area (Å²) in [4.78, 5) is 4.19. The standard InChI is InChI=1S/C13H19N3/c14-13-15-1-2-16(13)12-10-4-8-3-9(6-10)7-11(12)5-8/h1-2,8-12H,3-7H2,(H2,14,15). The van der Waals surface area contributed by atoms with E-state index in [2.05, 4.69) is 15.7 Å². The second-order valence-electron chi connectivity index (χ2n) is 6.11. The van der Waals surface area contributed by atoms with Gasteiger partial charge in [0.05, 0.1) is 0 Å². The molecule has 4 fully saturated rings. The van der Waals surface area contributed by atoms with Crippen LogP contribution < -0.4 is 5.73 Å². The molecule has 4 saturated carbocycles. The third-order valence-electron chi connectivity index (χ3n) is 5.20. The lowest BCUT2D eigenvalue weighted by Crippen LogP contribution is -2.45. The van der Waals surface area contributed by atoms with E-state index in [1.807, 2.05) is 6.20 Å². The van der Waals surface area contributed by atoms with Crippen LogP contribution in [0.1, 0.15) is 38.1 Å². The highest BCUT2D eigenvalue weighted by Gasteiger charge is 2.49. The van der Waals surface area contributed by atoms with Crippen LogP contribution in [0.5, 0.6) is 0 Å². The Morgan fingerprint density at radius 1 is 1.06 bits per heavy atom. The van der Waals surface area contributed by atoms with Crippen molar-refractivity contribution in [3.8, 4) is 0 Å². The molecule has 4 aliphatic rings. The molecule has 1 aromatic heterocycles. The van der Waals surface area contributed by atoms with E-state index in [1.165, 1.54) is 32.1 Å². The first-order valence-electron chi connectivity index (χ1n) is 6.59. The topological polar surface area (TPSA) is 43.8 Å². The minimum atomic E-state index is 0.662. The van der Waals surface area contributed by atoms with E-state index < -0.39 is 0 Å². The van der Waals surface area contributed by atoms with Crippen LogP contribution >= 0.6 is 0 Å². The van der Waals surface area contributed by atoms with Gasteiger partial charge in [0.25, 0.3) is 0 Å². The largest absolute Gasteiger partial charge is 0.369 e. The van der Waals surface area contributed by atoms with Crippen molar-refractivity contribution >= 4 is 5.95 Å². The van der Waals surface area contributed by atoms with Crippen molar-refractivity contribution in [3.63, 3.8) is 0 Å². The Balaban J connectivity index is 1.72. The minimum Gasteiger partial charge on any atom is -0.369 e. The Morgan fingerprint density at radius 3 is 2.19 bits per heavy atom. The fraction of sp³-hybridized carbons (Fsp3) is 0.769. The number of nitrogens with two attached hydrogens (primary N) is 1. The lowest BCUT2D eigenvalue weighted by atomic mass is 9.54. The Hall–Kier alpha value is -0.990. The zero-order valence-electron chi connectivity index (χ0n) is 9.55. The van der Waals surface area contributed by atoms with Gasteiger partial charge in [-0.3, -0.25) is 0 Å². The number of nitrogens with zero attached hydrogens (tertiary/aromatic N) is 2. The van der Waals surface area contributed by atoms with Gasteiger partial charge in [-0.05, 0) is 55.8 Å². The van der Waals surface area contributed by atoms with Crippen LogP contribution in [0.2, 0.25) is 0 Å². The normalized spacial score (nSPS) is 45.1. The summed E-state index contributed by atoms with van der Waals surface area (Å²) in [5, 5.41) is 0. The molecular formula is C13H19N3. The van der Waals surface area contributed by atoms with Gasteiger partial charge in [-0.15, -0.1) is 0 Å². The van der Waals surface area contributed by atoms with Crippen LogP contribution in [0, 0.1) is 23.7 Å². The predicted octanol–water partition coefficient (Wildman–Crippen LogP) is 2.46. The number of aromatic nitrogens is 2. The molecule has 0 spiro atoms. The number of nitrogen functional groups attached to an aromatic ring is 1. The second-order valence-corrected chi connectivity index (χ2v) is 6.11. The fourth-order valence-electron chi connectivity index (χ4n) is 4.93. The van der Waals surface area contributed by atoms with Gasteiger partial charge in [-0.2, -0.15) is 0 Å². The van der Waals surface area contributed by atoms with Crippen LogP contribution in [0.4, 0.5) is 5.95 Å². The molecule has 0 radical (unpaired) electrons. The maximum atomic E-state index is 5.97. The molecule has 4 aliphatic carbocycles. The van der Waals surface area contributed by atoms with Gasteiger partial charge in [0.15, 0.2) is 5.95 Å². The molecule has 0 saturated heterocycles. The summed E-state index contributed by atoms with van der Waals surface area (Å²) in [7, 11) is 0. The van der Waals surface area contributed by atoms with Crippen LogP contribution in [-0.4, -0.2) is 9.55 Å². The Morgan fingerprint density at radius 2 is 1.69 bits per heavy atom. The van der Waals surface area contributed by atoms with Gasteiger partial charge in [0, 0.05) is 18.4 Å². The first kappa shape index (κ1) is 9.08. The highest BCUT2D eigenvalue weighted by atomic mass is 15.2. The van der Waals surface area contributed by atoms with E-state index in [0.717, 1.165) is 29.6 Å². The molecule has 1 aromatic rings. The molecular weight excluding hydrogens is 198 g/mol. The number of anilines is 1. The summed E-state index contributed by atoms with van der Waals surface area (Å²) in [6, 6.07) is 0.662. The highest BCUT2D eigenvalue weighted by Crippen LogP contribution is 2.58. The number of hydrogen-bond acceptors (Lipinski definition) is 2. The molecule has 0 unspecified atom stereocenters. The van der Waals surface area contributed by atoms with Crippen molar-refractivity contribution in [1.29, 1.82) is 0 Å². The van der Waals surface area contributed by atoms with Gasteiger partial charge < -0.3 is 10.3 Å². The van der Waals surface area contributed by atoms with Crippen LogP contribution in [0.3, 0.4) is 0 Å². The van der Waals surface area contributed by atoms with E-state index in [1.54, 1.807) is 0 Å². The summed E-state index contributed by atoms with van der Waals surface area (Å²) >= 11 is 0. The van der Waals surface area contributed by atoms with E-state index in [-0.39, 0.29) is 0 Å². The van der Waals surface area contributed by atoms with Crippen molar-refractivity contribution < 1.29 is 0 Å². The van der Waals surface area contributed by atoms with Crippen LogP contribution in [0.15, 0.2) is 12.4 Å². The number of imidazole rings is 1. The molecule has 2 N–H and O–H groups in total. The first-order chi connectivity index (χ1) is 7.81. The smallest absolute Gasteiger partial charge is 0.200 e. The average Bonchev–Trinajstić information content (AvgIpc) is 2.63. The maximum absolute atomic E-state index is 5.97. The monoisotopic (exact) mass is 217 g/mol. The molecule has 3 heteroatoms. The first-order valence-corrected chi connectivity index (χ1v) is 6.59.